The summed E-state index contributed by atoms with van der Waals surface area (Å²) in [6.45, 7) is 3.39. The quantitative estimate of drug-likeness (QED) is 0.119. The number of nitrogens with two attached hydrogens (primary N) is 1. The van der Waals surface area contributed by atoms with Crippen molar-refractivity contribution in [2.75, 3.05) is 62.2 Å². The maximum absolute atomic E-state index is 11.7. The van der Waals surface area contributed by atoms with Crippen LogP contribution in [-0.2, 0) is 33.5 Å². The molecule has 0 aromatic heterocycles. The first-order valence-corrected chi connectivity index (χ1v) is 8.96. The van der Waals surface area contributed by atoms with Crippen LogP contribution < -0.4 is 5.73 Å². The van der Waals surface area contributed by atoms with E-state index in [0.717, 1.165) is 15.2 Å². The third kappa shape index (κ3) is 4.80. The number of hydrogen-bond acceptors (Lipinski definition) is 15. The number of guanidine groups is 1. The minimum Gasteiger partial charge on any atom is -0.461 e. The molecule has 0 saturated carbocycles. The molecule has 0 fully saturated rings. The van der Waals surface area contributed by atoms with Crippen molar-refractivity contribution < 1.29 is 43.7 Å². The lowest BCUT2D eigenvalue weighted by atomic mass is 10.3. The zero-order chi connectivity index (χ0) is 23.8. The highest BCUT2D eigenvalue weighted by Crippen LogP contribution is 2.39. The maximum Gasteiger partial charge on any atom is 0.338 e. The Hall–Kier alpha value is -1.92. The number of carbonyl (C=O) groups is 1. The Kier molecular flexibility index (Phi) is 10.2. The number of carbonyl (C=O) groups excluding carboxylic acids is 1. The average Bonchev–Trinajstić information content (AvgIpc) is 2.76. The fraction of sp³-hybridized carbons (Fsp3) is 0.750. The van der Waals surface area contributed by atoms with E-state index in [1.165, 1.54) is 47.4 Å². The Bertz CT molecular complexity index is 649. The standard InChI is InChI=1S/C16H32N6O9/c1-12(2)13(25)31-9-8-19(10-23)16(27-4)21(29-6)14(17)18-15(26-3,22(16)30-7)20(11-24)28-5/h23-24H,1,8-11H2,2-7H3,(H2,17,18). The first-order valence-electron chi connectivity index (χ1n) is 8.96. The summed E-state index contributed by atoms with van der Waals surface area (Å²) in [6.07, 6.45) is 0. The predicted molar refractivity (Wildman–Crippen MR) is 104 cm³/mol. The summed E-state index contributed by atoms with van der Waals surface area (Å²) in [5.74, 6) is -4.91. The van der Waals surface area contributed by atoms with Crippen molar-refractivity contribution in [3.63, 3.8) is 0 Å². The molecule has 31 heavy (non-hydrogen) atoms. The number of aliphatic hydroxyl groups is 2. The third-order valence-corrected chi connectivity index (χ3v) is 4.37. The molecule has 15 heteroatoms. The molecule has 1 heterocycles. The van der Waals surface area contributed by atoms with Crippen LogP contribution in [-0.4, -0.2) is 116 Å². The number of aliphatic imine (C=N–C) groups is 1. The fourth-order valence-corrected chi connectivity index (χ4v) is 3.00. The van der Waals surface area contributed by atoms with Crippen LogP contribution in [0.4, 0.5) is 0 Å². The third-order valence-electron chi connectivity index (χ3n) is 4.37. The van der Waals surface area contributed by atoms with Crippen LogP contribution in [0.1, 0.15) is 6.92 Å². The summed E-state index contributed by atoms with van der Waals surface area (Å²) in [4.78, 5) is 33.2. The molecule has 0 bridgehead atoms. The second-order valence-corrected chi connectivity index (χ2v) is 6.00. The molecular weight excluding hydrogens is 420 g/mol. The van der Waals surface area contributed by atoms with E-state index in [-0.39, 0.29) is 24.7 Å². The second-order valence-electron chi connectivity index (χ2n) is 6.00. The van der Waals surface area contributed by atoms with Gasteiger partial charge < -0.3 is 30.2 Å². The molecule has 1 aliphatic rings. The number of nitrogens with zero attached hydrogens (tertiary/aromatic N) is 5. The van der Waals surface area contributed by atoms with E-state index in [9.17, 15) is 15.0 Å². The van der Waals surface area contributed by atoms with Gasteiger partial charge in [0.05, 0.1) is 21.3 Å². The summed E-state index contributed by atoms with van der Waals surface area (Å²) < 4.78 is 16.4. The van der Waals surface area contributed by atoms with Crippen molar-refractivity contribution in [2.45, 2.75) is 18.9 Å². The van der Waals surface area contributed by atoms with Crippen molar-refractivity contribution >= 4 is 11.9 Å². The lowest BCUT2D eigenvalue weighted by Gasteiger charge is -2.58. The molecule has 0 aromatic rings. The number of aliphatic hydroxyl groups excluding tert-OH is 2. The van der Waals surface area contributed by atoms with Gasteiger partial charge in [-0.15, -0.1) is 0 Å². The van der Waals surface area contributed by atoms with Gasteiger partial charge >= 0.3 is 17.9 Å². The van der Waals surface area contributed by atoms with Gasteiger partial charge in [0.15, 0.2) is 0 Å². The largest absolute Gasteiger partial charge is 0.461 e. The minimum absolute atomic E-state index is 0.0950. The van der Waals surface area contributed by atoms with Gasteiger partial charge in [-0.3, -0.25) is 14.5 Å². The molecule has 0 aliphatic carbocycles. The van der Waals surface area contributed by atoms with Crippen LogP contribution in [0.2, 0.25) is 0 Å². The Labute approximate surface area is 180 Å². The van der Waals surface area contributed by atoms with Gasteiger partial charge in [-0.05, 0) is 6.92 Å². The Morgan fingerprint density at radius 3 is 2.19 bits per heavy atom. The number of hydrogen-bond donors (Lipinski definition) is 3. The van der Waals surface area contributed by atoms with E-state index >= 15 is 0 Å². The van der Waals surface area contributed by atoms with Gasteiger partial charge in [0.2, 0.25) is 5.96 Å². The van der Waals surface area contributed by atoms with E-state index in [4.69, 9.17) is 34.5 Å². The van der Waals surface area contributed by atoms with Gasteiger partial charge in [-0.25, -0.2) is 9.69 Å². The number of ether oxygens (including phenoxy) is 3. The van der Waals surface area contributed by atoms with Gasteiger partial charge in [0, 0.05) is 26.3 Å². The van der Waals surface area contributed by atoms with E-state index in [1.807, 2.05) is 0 Å². The molecule has 0 aromatic carbocycles. The summed E-state index contributed by atoms with van der Waals surface area (Å²) >= 11 is 0. The lowest BCUT2D eigenvalue weighted by Crippen LogP contribution is -2.82. The molecule has 1 aliphatic heterocycles. The molecule has 2 atom stereocenters. The Morgan fingerprint density at radius 1 is 1.16 bits per heavy atom. The summed E-state index contributed by atoms with van der Waals surface area (Å²) in [5.41, 5.74) is 6.31. The van der Waals surface area contributed by atoms with E-state index in [1.54, 1.807) is 0 Å². The molecule has 1 rings (SSSR count). The zero-order valence-electron chi connectivity index (χ0n) is 18.6. The van der Waals surface area contributed by atoms with Crippen molar-refractivity contribution in [1.29, 1.82) is 0 Å². The molecule has 2 unspecified atom stereocenters. The number of methoxy groups -OCH3 is 2. The van der Waals surface area contributed by atoms with Gasteiger partial charge in [0.1, 0.15) is 20.1 Å². The molecular formula is C16H32N6O9. The van der Waals surface area contributed by atoms with Crippen LogP contribution in [0.15, 0.2) is 17.1 Å². The van der Waals surface area contributed by atoms with Crippen molar-refractivity contribution in [3.8, 4) is 0 Å². The molecule has 180 valence electrons. The Morgan fingerprint density at radius 2 is 1.81 bits per heavy atom. The van der Waals surface area contributed by atoms with E-state index in [0.29, 0.717) is 0 Å². The number of hydroxylamine groups is 6. The second kappa shape index (κ2) is 11.6. The number of rotatable bonds is 13. The van der Waals surface area contributed by atoms with E-state index in [2.05, 4.69) is 11.6 Å². The smallest absolute Gasteiger partial charge is 0.338 e. The first kappa shape index (κ1) is 27.1. The van der Waals surface area contributed by atoms with Crippen LogP contribution >= 0.6 is 0 Å². The summed E-state index contributed by atoms with van der Waals surface area (Å²) in [7, 11) is 6.32. The zero-order valence-corrected chi connectivity index (χ0v) is 18.6. The molecule has 4 N–H and O–H groups in total. The van der Waals surface area contributed by atoms with Crippen LogP contribution in [0.5, 0.6) is 0 Å². The van der Waals surface area contributed by atoms with Crippen LogP contribution in [0, 0.1) is 0 Å². The minimum atomic E-state index is -2.03. The highest BCUT2D eigenvalue weighted by molar-refractivity contribution is 5.86. The number of esters is 1. The Balaban J connectivity index is 3.57. The van der Waals surface area contributed by atoms with Crippen molar-refractivity contribution in [2.24, 2.45) is 10.7 Å². The SMILES string of the molecule is C=C(C)C(=O)OCCN(CO)C1(OC)N(OC)C(N)=NC(OC)(N(CO)OC)N1OC. The van der Waals surface area contributed by atoms with Crippen LogP contribution in [0.25, 0.3) is 0 Å². The molecule has 0 radical (unpaired) electrons. The highest BCUT2D eigenvalue weighted by Gasteiger charge is 2.66. The average molecular weight is 452 g/mol. The van der Waals surface area contributed by atoms with E-state index < -0.39 is 31.4 Å². The first-order chi connectivity index (χ1) is 14.7. The molecule has 0 saturated heterocycles. The predicted octanol–water partition coefficient (Wildman–Crippen LogP) is -2.26. The fourth-order valence-electron chi connectivity index (χ4n) is 3.00. The summed E-state index contributed by atoms with van der Waals surface area (Å²) in [6, 6.07) is 0. The normalized spacial score (nSPS) is 24.6. The van der Waals surface area contributed by atoms with Crippen molar-refractivity contribution in [3.05, 3.63) is 12.2 Å². The van der Waals surface area contributed by atoms with Gasteiger partial charge in [0.25, 0.3) is 0 Å². The molecule has 15 nitrogen and oxygen atoms in total. The van der Waals surface area contributed by atoms with Gasteiger partial charge in [-0.2, -0.15) is 10.1 Å². The van der Waals surface area contributed by atoms with Crippen molar-refractivity contribution in [1.82, 2.24) is 20.1 Å². The molecule has 0 spiro atoms. The highest BCUT2D eigenvalue weighted by atomic mass is 16.8. The molecule has 0 amide bonds. The monoisotopic (exact) mass is 452 g/mol. The van der Waals surface area contributed by atoms with Crippen LogP contribution in [0.3, 0.4) is 0 Å². The summed E-state index contributed by atoms with van der Waals surface area (Å²) in [5, 5.41) is 22.8. The maximum atomic E-state index is 11.7. The topological polar surface area (TPSA) is 164 Å². The lowest BCUT2D eigenvalue weighted by molar-refractivity contribution is -0.537. The van der Waals surface area contributed by atoms with Gasteiger partial charge in [-0.1, -0.05) is 16.7 Å².